The molecule has 2 atom stereocenters. The summed E-state index contributed by atoms with van der Waals surface area (Å²) in [5.74, 6) is 0. The van der Waals surface area contributed by atoms with Crippen molar-refractivity contribution in [2.45, 2.75) is 17.7 Å². The van der Waals surface area contributed by atoms with E-state index >= 15 is 0 Å². The molecule has 0 fully saturated rings. The number of rotatable bonds is 3. The highest BCUT2D eigenvalue weighted by molar-refractivity contribution is 7.92. The van der Waals surface area contributed by atoms with E-state index in [1.165, 1.54) is 25.1 Å². The molecule has 0 saturated heterocycles. The minimum absolute atomic E-state index is 0.0552. The Kier molecular flexibility index (Phi) is 3.43. The normalized spacial score (nSPS) is 15.3. The Morgan fingerprint density at radius 1 is 1.33 bits per heavy atom. The number of hydrogen-bond donors (Lipinski definition) is 0. The van der Waals surface area contributed by atoms with Crippen LogP contribution in [0.25, 0.3) is 0 Å². The minimum Gasteiger partial charge on any atom is -0.225 e. The van der Waals surface area contributed by atoms with E-state index in [2.05, 4.69) is 0 Å². The van der Waals surface area contributed by atoms with Crippen molar-refractivity contribution >= 4 is 9.84 Å². The number of sulfone groups is 1. The van der Waals surface area contributed by atoms with E-state index in [0.717, 1.165) is 0 Å². The van der Waals surface area contributed by atoms with Crippen LogP contribution in [0.3, 0.4) is 0 Å². The molecule has 0 radical (unpaired) electrons. The zero-order chi connectivity index (χ0) is 11.5. The van der Waals surface area contributed by atoms with Crippen molar-refractivity contribution in [2.75, 3.05) is 0 Å². The maximum Gasteiger partial charge on any atom is 0.227 e. The third-order valence-electron chi connectivity index (χ3n) is 2.02. The van der Waals surface area contributed by atoms with Gasteiger partial charge < -0.3 is 0 Å². The molecule has 0 spiro atoms. The Hall–Kier alpha value is -1.41. The number of benzene rings is 1. The molecule has 3 nitrogen and oxygen atoms in total. The molecular formula is C10H10FNO2S. The molecule has 80 valence electrons. The molecule has 0 aliphatic heterocycles. The Bertz CT molecular complexity index is 464. The van der Waals surface area contributed by atoms with Crippen LogP contribution in [-0.4, -0.2) is 13.7 Å². The summed E-state index contributed by atoms with van der Waals surface area (Å²) in [6, 6.07) is 9.05. The fourth-order valence-electron chi connectivity index (χ4n) is 1.05. The van der Waals surface area contributed by atoms with Gasteiger partial charge in [-0.15, -0.1) is 0 Å². The highest BCUT2D eigenvalue weighted by atomic mass is 32.2. The van der Waals surface area contributed by atoms with Gasteiger partial charge in [-0.2, -0.15) is 5.26 Å². The maximum absolute atomic E-state index is 13.6. The average molecular weight is 227 g/mol. The molecule has 0 aliphatic carbocycles. The van der Waals surface area contributed by atoms with Gasteiger partial charge in [0.25, 0.3) is 0 Å². The van der Waals surface area contributed by atoms with Gasteiger partial charge in [-0.05, 0) is 6.92 Å². The molecule has 1 aromatic rings. The van der Waals surface area contributed by atoms with Crippen LogP contribution in [0.1, 0.15) is 18.0 Å². The predicted octanol–water partition coefficient (Wildman–Crippen LogP) is 1.98. The third kappa shape index (κ3) is 2.34. The van der Waals surface area contributed by atoms with Crippen LogP contribution in [0.2, 0.25) is 0 Å². The Balaban J connectivity index is 3.07. The van der Waals surface area contributed by atoms with Crippen LogP contribution in [0.5, 0.6) is 0 Å². The topological polar surface area (TPSA) is 57.9 Å². The predicted molar refractivity (Wildman–Crippen MR) is 54.3 cm³/mol. The van der Waals surface area contributed by atoms with E-state index in [4.69, 9.17) is 5.26 Å². The SMILES string of the molecule is CC(C#N)S(=O)(=O)C(F)c1ccccc1. The van der Waals surface area contributed by atoms with Crippen LogP contribution >= 0.6 is 0 Å². The first-order valence-electron chi connectivity index (χ1n) is 4.31. The number of nitriles is 1. The zero-order valence-corrected chi connectivity index (χ0v) is 8.91. The lowest BCUT2D eigenvalue weighted by molar-refractivity contribution is 0.429. The van der Waals surface area contributed by atoms with Crippen molar-refractivity contribution in [2.24, 2.45) is 0 Å². The molecule has 0 heterocycles. The van der Waals surface area contributed by atoms with Gasteiger partial charge in [-0.3, -0.25) is 0 Å². The first-order valence-corrected chi connectivity index (χ1v) is 5.92. The second kappa shape index (κ2) is 4.41. The molecule has 5 heteroatoms. The summed E-state index contributed by atoms with van der Waals surface area (Å²) in [4.78, 5) is 0. The highest BCUT2D eigenvalue weighted by Gasteiger charge is 2.32. The number of nitrogens with zero attached hydrogens (tertiary/aromatic N) is 1. The van der Waals surface area contributed by atoms with Gasteiger partial charge in [0.05, 0.1) is 6.07 Å². The van der Waals surface area contributed by atoms with Gasteiger partial charge in [0.2, 0.25) is 15.3 Å². The van der Waals surface area contributed by atoms with Gasteiger partial charge in [0, 0.05) is 5.56 Å². The van der Waals surface area contributed by atoms with Crippen molar-refractivity contribution in [1.29, 1.82) is 5.26 Å². The van der Waals surface area contributed by atoms with E-state index in [1.54, 1.807) is 18.2 Å². The van der Waals surface area contributed by atoms with E-state index < -0.39 is 20.6 Å². The molecule has 0 aliphatic rings. The first-order chi connectivity index (χ1) is 7.00. The lowest BCUT2D eigenvalue weighted by Gasteiger charge is -2.10. The first kappa shape index (κ1) is 11.7. The van der Waals surface area contributed by atoms with Crippen LogP contribution in [-0.2, 0) is 9.84 Å². The van der Waals surface area contributed by atoms with Crippen molar-refractivity contribution < 1.29 is 12.8 Å². The molecular weight excluding hydrogens is 217 g/mol. The van der Waals surface area contributed by atoms with Gasteiger partial charge in [-0.25, -0.2) is 12.8 Å². The van der Waals surface area contributed by atoms with Crippen molar-refractivity contribution in [3.05, 3.63) is 35.9 Å². The number of hydrogen-bond acceptors (Lipinski definition) is 3. The second-order valence-electron chi connectivity index (χ2n) is 3.09. The lowest BCUT2D eigenvalue weighted by Crippen LogP contribution is -2.20. The molecule has 1 aromatic carbocycles. The quantitative estimate of drug-likeness (QED) is 0.793. The molecule has 0 aromatic heterocycles. The summed E-state index contributed by atoms with van der Waals surface area (Å²) in [6.45, 7) is 1.17. The standard InChI is InChI=1S/C10H10FNO2S/c1-8(7-12)15(13,14)10(11)9-5-3-2-4-6-9/h2-6,8,10H,1H3. The summed E-state index contributed by atoms with van der Waals surface area (Å²) in [5, 5.41) is 7.13. The summed E-state index contributed by atoms with van der Waals surface area (Å²) in [7, 11) is -4.07. The monoisotopic (exact) mass is 227 g/mol. The number of halogens is 1. The summed E-state index contributed by atoms with van der Waals surface area (Å²) in [5.41, 5.74) is -2.08. The van der Waals surface area contributed by atoms with E-state index in [-0.39, 0.29) is 5.56 Å². The highest BCUT2D eigenvalue weighted by Crippen LogP contribution is 2.26. The lowest BCUT2D eigenvalue weighted by atomic mass is 10.2. The molecule has 15 heavy (non-hydrogen) atoms. The fourth-order valence-corrected chi connectivity index (χ4v) is 2.09. The Morgan fingerprint density at radius 3 is 2.33 bits per heavy atom. The van der Waals surface area contributed by atoms with Gasteiger partial charge >= 0.3 is 0 Å². The van der Waals surface area contributed by atoms with Crippen LogP contribution in [0.4, 0.5) is 4.39 Å². The van der Waals surface area contributed by atoms with E-state index in [1.807, 2.05) is 0 Å². The fraction of sp³-hybridized carbons (Fsp3) is 0.300. The van der Waals surface area contributed by atoms with Gasteiger partial charge in [0.1, 0.15) is 5.25 Å². The molecule has 2 unspecified atom stereocenters. The van der Waals surface area contributed by atoms with Crippen LogP contribution < -0.4 is 0 Å². The van der Waals surface area contributed by atoms with Crippen molar-refractivity contribution in [3.8, 4) is 6.07 Å². The van der Waals surface area contributed by atoms with Gasteiger partial charge in [0.15, 0.2) is 0 Å². The Labute approximate surface area is 88.1 Å². The zero-order valence-electron chi connectivity index (χ0n) is 8.09. The molecule has 0 bridgehead atoms. The Morgan fingerprint density at radius 2 is 1.87 bits per heavy atom. The van der Waals surface area contributed by atoms with Gasteiger partial charge in [-0.1, -0.05) is 30.3 Å². The molecule has 0 saturated carbocycles. The summed E-state index contributed by atoms with van der Waals surface area (Å²) < 4.78 is 36.5. The van der Waals surface area contributed by atoms with Crippen molar-refractivity contribution in [1.82, 2.24) is 0 Å². The largest absolute Gasteiger partial charge is 0.227 e. The average Bonchev–Trinajstić information content (AvgIpc) is 2.28. The minimum atomic E-state index is -4.07. The summed E-state index contributed by atoms with van der Waals surface area (Å²) >= 11 is 0. The van der Waals surface area contributed by atoms with E-state index in [9.17, 15) is 12.8 Å². The maximum atomic E-state index is 13.6. The second-order valence-corrected chi connectivity index (χ2v) is 5.39. The third-order valence-corrected chi connectivity index (χ3v) is 3.96. The molecule has 0 amide bonds. The van der Waals surface area contributed by atoms with Crippen LogP contribution in [0, 0.1) is 11.3 Å². The van der Waals surface area contributed by atoms with Crippen molar-refractivity contribution in [3.63, 3.8) is 0 Å². The number of alkyl halides is 1. The van der Waals surface area contributed by atoms with E-state index in [0.29, 0.717) is 0 Å². The molecule has 1 rings (SSSR count). The summed E-state index contributed by atoms with van der Waals surface area (Å²) in [6.07, 6.45) is 0. The molecule has 0 N–H and O–H groups in total. The smallest absolute Gasteiger partial charge is 0.225 e. The van der Waals surface area contributed by atoms with Crippen LogP contribution in [0.15, 0.2) is 30.3 Å².